The van der Waals surface area contributed by atoms with E-state index in [2.05, 4.69) is 30.9 Å². The first-order valence-corrected chi connectivity index (χ1v) is 8.85. The molecular weight excluding hydrogens is 388 g/mol. The molecule has 0 bridgehead atoms. The average Bonchev–Trinajstić information content (AvgIpc) is 2.67. The zero-order chi connectivity index (χ0) is 17.6. The Kier molecular flexibility index (Phi) is 5.80. The van der Waals surface area contributed by atoms with Crippen molar-refractivity contribution in [3.05, 3.63) is 40.8 Å². The predicted molar refractivity (Wildman–Crippen MR) is 94.6 cm³/mol. The summed E-state index contributed by atoms with van der Waals surface area (Å²) < 4.78 is 11.6. The van der Waals surface area contributed by atoms with E-state index in [1.807, 2.05) is 4.90 Å². The van der Waals surface area contributed by atoms with E-state index < -0.39 is 0 Å². The average molecular weight is 407 g/mol. The van der Waals surface area contributed by atoms with Crippen LogP contribution in [0.4, 0.5) is 0 Å². The number of rotatable bonds is 5. The van der Waals surface area contributed by atoms with E-state index in [1.165, 1.54) is 7.11 Å². The Hall–Kier alpha value is -2.22. The number of ether oxygens (including phenoxy) is 2. The van der Waals surface area contributed by atoms with Crippen molar-refractivity contribution in [3.8, 4) is 11.9 Å². The summed E-state index contributed by atoms with van der Waals surface area (Å²) in [5.41, 5.74) is 0.503. The van der Waals surface area contributed by atoms with Gasteiger partial charge in [-0.1, -0.05) is 0 Å². The van der Waals surface area contributed by atoms with Gasteiger partial charge < -0.3 is 14.4 Å². The molecule has 0 saturated carbocycles. The molecule has 25 heavy (non-hydrogen) atoms. The van der Waals surface area contributed by atoms with Gasteiger partial charge in [0.1, 0.15) is 5.56 Å². The van der Waals surface area contributed by atoms with E-state index in [-0.39, 0.29) is 5.91 Å². The molecular formula is C17H19BrN4O3. The first-order chi connectivity index (χ1) is 12.2. The summed E-state index contributed by atoms with van der Waals surface area (Å²) in [4.78, 5) is 26.8. The second-order valence-electron chi connectivity index (χ2n) is 5.79. The van der Waals surface area contributed by atoms with E-state index in [0.29, 0.717) is 43.1 Å². The number of pyridine rings is 1. The maximum atomic E-state index is 12.6. The molecule has 0 N–H and O–H groups in total. The van der Waals surface area contributed by atoms with Gasteiger partial charge in [0.25, 0.3) is 5.91 Å². The monoisotopic (exact) mass is 406 g/mol. The number of hydrogen-bond donors (Lipinski definition) is 0. The fourth-order valence-electron chi connectivity index (χ4n) is 2.76. The molecule has 0 radical (unpaired) electrons. The van der Waals surface area contributed by atoms with Gasteiger partial charge in [-0.15, -0.1) is 0 Å². The van der Waals surface area contributed by atoms with Crippen LogP contribution in [0, 0.1) is 5.92 Å². The first-order valence-electron chi connectivity index (χ1n) is 8.06. The van der Waals surface area contributed by atoms with Gasteiger partial charge in [-0.2, -0.15) is 0 Å². The van der Waals surface area contributed by atoms with Crippen molar-refractivity contribution >= 4 is 21.8 Å². The summed E-state index contributed by atoms with van der Waals surface area (Å²) in [5.74, 6) is 0.706. The molecule has 1 aliphatic heterocycles. The van der Waals surface area contributed by atoms with Gasteiger partial charge in [-0.05, 0) is 46.8 Å². The van der Waals surface area contributed by atoms with Crippen molar-refractivity contribution in [2.24, 2.45) is 5.92 Å². The maximum Gasteiger partial charge on any atom is 0.316 e. The van der Waals surface area contributed by atoms with Crippen molar-refractivity contribution < 1.29 is 14.3 Å². The Morgan fingerprint density at radius 3 is 2.68 bits per heavy atom. The van der Waals surface area contributed by atoms with Crippen molar-refractivity contribution in [1.29, 1.82) is 0 Å². The van der Waals surface area contributed by atoms with Gasteiger partial charge in [0.15, 0.2) is 0 Å². The summed E-state index contributed by atoms with van der Waals surface area (Å²) in [7, 11) is 1.52. The van der Waals surface area contributed by atoms with Crippen LogP contribution in [0.25, 0.3) is 0 Å². The molecule has 0 unspecified atom stereocenters. The van der Waals surface area contributed by atoms with Crippen LogP contribution >= 0.6 is 15.9 Å². The third kappa shape index (κ3) is 4.45. The van der Waals surface area contributed by atoms with Crippen LogP contribution in [0.2, 0.25) is 0 Å². The lowest BCUT2D eigenvalue weighted by atomic mass is 9.97. The molecule has 1 saturated heterocycles. The van der Waals surface area contributed by atoms with Crippen molar-refractivity contribution in [2.45, 2.75) is 12.8 Å². The second kappa shape index (κ2) is 8.24. The van der Waals surface area contributed by atoms with Crippen LogP contribution in [0.3, 0.4) is 0 Å². The fraction of sp³-hybridized carbons (Fsp3) is 0.412. The Bertz CT molecular complexity index is 718. The minimum Gasteiger partial charge on any atom is -0.480 e. The molecule has 0 atom stereocenters. The number of aromatic nitrogens is 3. The summed E-state index contributed by atoms with van der Waals surface area (Å²) in [5, 5.41) is 0. The number of halogens is 1. The largest absolute Gasteiger partial charge is 0.480 e. The highest BCUT2D eigenvalue weighted by atomic mass is 79.9. The quantitative estimate of drug-likeness (QED) is 0.759. The normalized spacial score (nSPS) is 15.0. The van der Waals surface area contributed by atoms with Gasteiger partial charge in [-0.3, -0.25) is 4.79 Å². The van der Waals surface area contributed by atoms with Crippen molar-refractivity contribution in [2.75, 3.05) is 26.8 Å². The lowest BCUT2D eigenvalue weighted by molar-refractivity contribution is 0.0653. The minimum atomic E-state index is -0.0411. The van der Waals surface area contributed by atoms with E-state index in [4.69, 9.17) is 9.47 Å². The number of methoxy groups -OCH3 is 1. The third-order valence-electron chi connectivity index (χ3n) is 4.14. The molecule has 2 aromatic rings. The minimum absolute atomic E-state index is 0.0411. The Morgan fingerprint density at radius 1 is 1.28 bits per heavy atom. The van der Waals surface area contributed by atoms with Gasteiger partial charge in [0.2, 0.25) is 5.88 Å². The van der Waals surface area contributed by atoms with Crippen molar-refractivity contribution in [3.63, 3.8) is 0 Å². The highest BCUT2D eigenvalue weighted by molar-refractivity contribution is 9.10. The zero-order valence-electron chi connectivity index (χ0n) is 13.9. The number of carbonyl (C=O) groups excluding carboxylic acids is 1. The molecule has 132 valence electrons. The standard InChI is InChI=1S/C17H19BrN4O3/c1-24-15-14(3-2-6-19-15)16(23)22-7-4-12(5-8-22)11-25-17-20-9-13(18)10-21-17/h2-3,6,9-10,12H,4-5,7-8,11H2,1H3. The molecule has 0 aromatic carbocycles. The van der Waals surface area contributed by atoms with Crippen LogP contribution in [0.5, 0.6) is 11.9 Å². The Morgan fingerprint density at radius 2 is 2.00 bits per heavy atom. The second-order valence-corrected chi connectivity index (χ2v) is 6.71. The van der Waals surface area contributed by atoms with Crippen LogP contribution in [0.1, 0.15) is 23.2 Å². The number of carbonyl (C=O) groups is 1. The highest BCUT2D eigenvalue weighted by Crippen LogP contribution is 2.22. The van der Waals surface area contributed by atoms with Crippen LogP contribution < -0.4 is 9.47 Å². The van der Waals surface area contributed by atoms with Gasteiger partial charge in [0.05, 0.1) is 18.2 Å². The van der Waals surface area contributed by atoms with Crippen molar-refractivity contribution in [1.82, 2.24) is 19.9 Å². The molecule has 7 nitrogen and oxygen atoms in total. The molecule has 3 rings (SSSR count). The number of hydrogen-bond acceptors (Lipinski definition) is 6. The van der Waals surface area contributed by atoms with Crippen LogP contribution in [0.15, 0.2) is 35.2 Å². The molecule has 2 aromatic heterocycles. The number of piperidine rings is 1. The van der Waals surface area contributed by atoms with Gasteiger partial charge >= 0.3 is 6.01 Å². The molecule has 1 fully saturated rings. The molecule has 3 heterocycles. The summed E-state index contributed by atoms with van der Waals surface area (Å²) in [6, 6.07) is 3.87. The van der Waals surface area contributed by atoms with E-state index in [9.17, 15) is 4.79 Å². The first kappa shape index (κ1) is 17.6. The maximum absolute atomic E-state index is 12.6. The zero-order valence-corrected chi connectivity index (χ0v) is 15.5. The van der Waals surface area contributed by atoms with Crippen LogP contribution in [-0.4, -0.2) is 52.6 Å². The Labute approximate surface area is 154 Å². The molecule has 0 spiro atoms. The molecule has 8 heteroatoms. The Balaban J connectivity index is 1.51. The highest BCUT2D eigenvalue weighted by Gasteiger charge is 2.26. The summed E-state index contributed by atoms with van der Waals surface area (Å²) in [6.07, 6.45) is 6.69. The number of nitrogens with zero attached hydrogens (tertiary/aromatic N) is 4. The number of likely N-dealkylation sites (tertiary alicyclic amines) is 1. The smallest absolute Gasteiger partial charge is 0.316 e. The van der Waals surface area contributed by atoms with E-state index in [1.54, 1.807) is 30.7 Å². The summed E-state index contributed by atoms with van der Waals surface area (Å²) in [6.45, 7) is 1.93. The topological polar surface area (TPSA) is 77.4 Å². The lowest BCUT2D eigenvalue weighted by Gasteiger charge is -2.31. The van der Waals surface area contributed by atoms with Gasteiger partial charge in [-0.25, -0.2) is 15.0 Å². The molecule has 0 aliphatic carbocycles. The van der Waals surface area contributed by atoms with E-state index >= 15 is 0 Å². The predicted octanol–water partition coefficient (Wildman–Crippen LogP) is 2.57. The molecule has 1 aliphatic rings. The van der Waals surface area contributed by atoms with Crippen LogP contribution in [-0.2, 0) is 0 Å². The lowest BCUT2D eigenvalue weighted by Crippen LogP contribution is -2.40. The van der Waals surface area contributed by atoms with Gasteiger partial charge in [0, 0.05) is 31.7 Å². The number of amides is 1. The summed E-state index contributed by atoms with van der Waals surface area (Å²) >= 11 is 3.29. The van der Waals surface area contributed by atoms with E-state index in [0.717, 1.165) is 17.3 Å². The fourth-order valence-corrected chi connectivity index (χ4v) is 2.96. The SMILES string of the molecule is COc1ncccc1C(=O)N1CCC(COc2ncc(Br)cn2)CC1. The molecule has 1 amide bonds. The third-order valence-corrected chi connectivity index (χ3v) is 4.55.